The van der Waals surface area contributed by atoms with Crippen LogP contribution < -0.4 is 0 Å². The Morgan fingerprint density at radius 2 is 1.12 bits per heavy atom. The van der Waals surface area contributed by atoms with E-state index in [4.69, 9.17) is 0 Å². The van der Waals surface area contributed by atoms with E-state index in [1.54, 1.807) is 0 Å². The molecule has 0 aromatic heterocycles. The Morgan fingerprint density at radius 1 is 0.708 bits per heavy atom. The molecule has 0 N–H and O–H groups in total. The Kier molecular flexibility index (Phi) is 14.5. The Balaban J connectivity index is 3.58. The second-order valence-electron chi connectivity index (χ2n) is 8.99. The lowest BCUT2D eigenvalue weighted by Gasteiger charge is -2.16. The zero-order chi connectivity index (χ0) is 18.4. The summed E-state index contributed by atoms with van der Waals surface area (Å²) in [4.78, 5) is 0. The van der Waals surface area contributed by atoms with E-state index in [1.165, 1.54) is 64.2 Å². The molecule has 0 aromatic carbocycles. The highest BCUT2D eigenvalue weighted by Gasteiger charge is 2.07. The van der Waals surface area contributed by atoms with Gasteiger partial charge in [0.05, 0.1) is 0 Å². The number of hydrogen-bond acceptors (Lipinski definition) is 0. The van der Waals surface area contributed by atoms with E-state index >= 15 is 0 Å². The van der Waals surface area contributed by atoms with Gasteiger partial charge in [-0.3, -0.25) is 0 Å². The predicted octanol–water partition coefficient (Wildman–Crippen LogP) is 8.58. The van der Waals surface area contributed by atoms with Crippen LogP contribution >= 0.6 is 0 Å². The van der Waals surface area contributed by atoms with E-state index in [0.29, 0.717) is 0 Å². The fraction of sp³-hybridized carbons (Fsp3) is 0.833. The van der Waals surface area contributed by atoms with Crippen molar-refractivity contribution in [1.29, 1.82) is 0 Å². The molecule has 142 valence electrons. The smallest absolute Gasteiger partial charge is 0.0322 e. The van der Waals surface area contributed by atoms with Gasteiger partial charge in [0.25, 0.3) is 0 Å². The molecule has 0 aliphatic carbocycles. The number of rotatable bonds is 15. The van der Waals surface area contributed by atoms with Crippen molar-refractivity contribution >= 4 is 0 Å². The van der Waals surface area contributed by atoms with E-state index in [0.717, 1.165) is 29.2 Å². The monoisotopic (exact) mass is 334 g/mol. The molecule has 0 heterocycles. The van der Waals surface area contributed by atoms with E-state index in [2.05, 4.69) is 60.3 Å². The highest BCUT2D eigenvalue weighted by atomic mass is 14.1. The van der Waals surface area contributed by atoms with Gasteiger partial charge in [0, 0.05) is 0 Å². The molecule has 0 spiro atoms. The van der Waals surface area contributed by atoms with Gasteiger partial charge in [0.2, 0.25) is 0 Å². The molecule has 0 fully saturated rings. The fourth-order valence-electron chi connectivity index (χ4n) is 3.41. The summed E-state index contributed by atoms with van der Waals surface area (Å²) in [6.07, 6.45) is 18.4. The molecule has 0 aromatic rings. The van der Waals surface area contributed by atoms with Crippen molar-refractivity contribution in [2.24, 2.45) is 23.7 Å². The Morgan fingerprint density at radius 3 is 1.54 bits per heavy atom. The van der Waals surface area contributed by atoms with Crippen LogP contribution in [0.25, 0.3) is 0 Å². The SMILES string of the molecule is C=C(C)/C=C/CC(C)CCCC(C)CCCC(C)CCCC(C)C. The molecule has 0 amide bonds. The van der Waals surface area contributed by atoms with Crippen LogP contribution in [0, 0.1) is 23.7 Å². The van der Waals surface area contributed by atoms with Crippen LogP contribution in [0.15, 0.2) is 24.3 Å². The first-order valence-electron chi connectivity index (χ1n) is 10.6. The van der Waals surface area contributed by atoms with Crippen molar-refractivity contribution in [1.82, 2.24) is 0 Å². The molecule has 0 aliphatic heterocycles. The lowest BCUT2D eigenvalue weighted by molar-refractivity contribution is 0.378. The molecule has 0 nitrogen and oxygen atoms in total. The topological polar surface area (TPSA) is 0 Å². The van der Waals surface area contributed by atoms with Crippen molar-refractivity contribution in [3.8, 4) is 0 Å². The summed E-state index contributed by atoms with van der Waals surface area (Å²) in [7, 11) is 0. The standard InChI is InChI=1S/C24H46/c1-20(2)12-8-14-22(5)16-10-18-24(7)19-11-17-23(6)15-9-13-21(3)4/h8,12,21-24H,1,9-11,13-19H2,2-7H3/b12-8+. The minimum absolute atomic E-state index is 0.814. The molecule has 3 atom stereocenters. The van der Waals surface area contributed by atoms with Crippen molar-refractivity contribution in [3.05, 3.63) is 24.3 Å². The van der Waals surface area contributed by atoms with Crippen LogP contribution in [0.1, 0.15) is 106 Å². The second kappa shape index (κ2) is 14.8. The molecule has 0 saturated heterocycles. The van der Waals surface area contributed by atoms with Crippen LogP contribution in [-0.2, 0) is 0 Å². The van der Waals surface area contributed by atoms with E-state index in [1.807, 2.05) is 0 Å². The van der Waals surface area contributed by atoms with Crippen molar-refractivity contribution in [3.63, 3.8) is 0 Å². The van der Waals surface area contributed by atoms with Gasteiger partial charge in [0.15, 0.2) is 0 Å². The highest BCUT2D eigenvalue weighted by Crippen LogP contribution is 2.22. The Bertz CT molecular complexity index is 323. The second-order valence-corrected chi connectivity index (χ2v) is 8.99. The molecule has 24 heavy (non-hydrogen) atoms. The number of allylic oxidation sites excluding steroid dienone is 3. The maximum absolute atomic E-state index is 3.92. The van der Waals surface area contributed by atoms with Gasteiger partial charge in [0.1, 0.15) is 0 Å². The van der Waals surface area contributed by atoms with Crippen molar-refractivity contribution < 1.29 is 0 Å². The lowest BCUT2D eigenvalue weighted by Crippen LogP contribution is -2.01. The number of hydrogen-bond donors (Lipinski definition) is 0. The fourth-order valence-corrected chi connectivity index (χ4v) is 3.41. The largest absolute Gasteiger partial charge is 0.0961 e. The van der Waals surface area contributed by atoms with E-state index < -0.39 is 0 Å². The van der Waals surface area contributed by atoms with Gasteiger partial charge in [-0.25, -0.2) is 0 Å². The summed E-state index contributed by atoms with van der Waals surface area (Å²) in [6, 6.07) is 0. The summed E-state index contributed by atoms with van der Waals surface area (Å²) >= 11 is 0. The summed E-state index contributed by atoms with van der Waals surface area (Å²) < 4.78 is 0. The van der Waals surface area contributed by atoms with Crippen LogP contribution in [0.5, 0.6) is 0 Å². The average Bonchev–Trinajstić information content (AvgIpc) is 2.46. The molecular weight excluding hydrogens is 288 g/mol. The van der Waals surface area contributed by atoms with Gasteiger partial charge in [-0.2, -0.15) is 0 Å². The first kappa shape index (κ1) is 23.5. The molecule has 0 aliphatic rings. The molecule has 0 rings (SSSR count). The zero-order valence-corrected chi connectivity index (χ0v) is 17.7. The minimum atomic E-state index is 0.814. The highest BCUT2D eigenvalue weighted by molar-refractivity contribution is 5.10. The van der Waals surface area contributed by atoms with Crippen molar-refractivity contribution in [2.45, 2.75) is 106 Å². The molecule has 0 bridgehead atoms. The van der Waals surface area contributed by atoms with Gasteiger partial charge >= 0.3 is 0 Å². The predicted molar refractivity (Wildman–Crippen MR) is 112 cm³/mol. The molecule has 0 heteroatoms. The molecule has 0 saturated carbocycles. The Hall–Kier alpha value is -0.520. The summed E-state index contributed by atoms with van der Waals surface area (Å²) in [6.45, 7) is 17.9. The minimum Gasteiger partial charge on any atom is -0.0961 e. The average molecular weight is 335 g/mol. The maximum Gasteiger partial charge on any atom is -0.0322 e. The third-order valence-corrected chi connectivity index (χ3v) is 5.21. The Labute approximate surface area is 154 Å². The van der Waals surface area contributed by atoms with Gasteiger partial charge in [-0.05, 0) is 37.0 Å². The van der Waals surface area contributed by atoms with Crippen LogP contribution in [0.3, 0.4) is 0 Å². The summed E-state index contributed by atoms with van der Waals surface area (Å²) in [5, 5.41) is 0. The third kappa shape index (κ3) is 16.3. The lowest BCUT2D eigenvalue weighted by atomic mass is 9.90. The van der Waals surface area contributed by atoms with Gasteiger partial charge in [-0.15, -0.1) is 0 Å². The maximum atomic E-state index is 3.92. The zero-order valence-electron chi connectivity index (χ0n) is 17.7. The first-order chi connectivity index (χ1) is 11.3. The van der Waals surface area contributed by atoms with Gasteiger partial charge < -0.3 is 0 Å². The van der Waals surface area contributed by atoms with Gasteiger partial charge in [-0.1, -0.05) is 117 Å². The third-order valence-electron chi connectivity index (χ3n) is 5.21. The van der Waals surface area contributed by atoms with Crippen LogP contribution in [0.2, 0.25) is 0 Å². The quantitative estimate of drug-likeness (QED) is 0.263. The first-order valence-corrected chi connectivity index (χ1v) is 10.6. The normalized spacial score (nSPS) is 15.8. The molecule has 3 unspecified atom stereocenters. The van der Waals surface area contributed by atoms with E-state index in [-0.39, 0.29) is 0 Å². The van der Waals surface area contributed by atoms with E-state index in [9.17, 15) is 0 Å². The summed E-state index contributed by atoms with van der Waals surface area (Å²) in [5.74, 6) is 3.52. The van der Waals surface area contributed by atoms with Crippen molar-refractivity contribution in [2.75, 3.05) is 0 Å². The molecule has 0 radical (unpaired) electrons. The van der Waals surface area contributed by atoms with Crippen LogP contribution in [-0.4, -0.2) is 0 Å². The molecular formula is C24H46. The summed E-state index contributed by atoms with van der Waals surface area (Å²) in [5.41, 5.74) is 1.16. The van der Waals surface area contributed by atoms with Crippen LogP contribution in [0.4, 0.5) is 0 Å².